The summed E-state index contributed by atoms with van der Waals surface area (Å²) in [7, 11) is 0. The standard InChI is InChI=1S/C14H16ClN3S2.C4H6O4/c1-9-17-18-14(20-9)19-8-12-11-5-7-16-6-4-10(11)2-3-13(12)15;5-3(6)1-2-4(7)8/h2-3,16H,4-8H2,1H3;1-2H2,(H,5,6)(H,7,8). The van der Waals surface area contributed by atoms with Gasteiger partial charge in [0.05, 0.1) is 12.8 Å². The zero-order valence-corrected chi connectivity index (χ0v) is 17.8. The molecule has 0 amide bonds. The van der Waals surface area contributed by atoms with Gasteiger partial charge in [-0.3, -0.25) is 9.59 Å². The molecule has 0 saturated carbocycles. The van der Waals surface area contributed by atoms with Gasteiger partial charge in [0.25, 0.3) is 0 Å². The van der Waals surface area contributed by atoms with Gasteiger partial charge >= 0.3 is 11.9 Å². The third-order valence-electron chi connectivity index (χ3n) is 3.99. The average molecular weight is 444 g/mol. The number of rotatable bonds is 6. The summed E-state index contributed by atoms with van der Waals surface area (Å²) in [5.41, 5.74) is 4.13. The first-order valence-corrected chi connectivity index (χ1v) is 10.9. The van der Waals surface area contributed by atoms with Gasteiger partial charge in [0.1, 0.15) is 5.01 Å². The predicted octanol–water partition coefficient (Wildman–Crippen LogP) is 3.42. The molecular formula is C18H22ClN3O4S2. The van der Waals surface area contributed by atoms with Crippen LogP contribution < -0.4 is 5.32 Å². The highest BCUT2D eigenvalue weighted by molar-refractivity contribution is 8.00. The monoisotopic (exact) mass is 443 g/mol. The Bertz CT molecular complexity index is 815. The molecule has 0 atom stereocenters. The van der Waals surface area contributed by atoms with Gasteiger partial charge in [-0.25, -0.2) is 0 Å². The number of nitrogens with zero attached hydrogens (tertiary/aromatic N) is 2. The maximum Gasteiger partial charge on any atom is 0.303 e. The van der Waals surface area contributed by atoms with E-state index in [1.54, 1.807) is 23.1 Å². The van der Waals surface area contributed by atoms with Crippen LogP contribution in [0.25, 0.3) is 0 Å². The summed E-state index contributed by atoms with van der Waals surface area (Å²) in [5, 5.41) is 29.4. The van der Waals surface area contributed by atoms with Crippen molar-refractivity contribution in [3.63, 3.8) is 0 Å². The third-order valence-corrected chi connectivity index (χ3v) is 6.35. The molecule has 0 aliphatic carbocycles. The van der Waals surface area contributed by atoms with E-state index in [4.69, 9.17) is 21.8 Å². The van der Waals surface area contributed by atoms with Gasteiger partial charge in [0, 0.05) is 10.8 Å². The number of carboxylic acid groups (broad SMARTS) is 2. The first kappa shape index (κ1) is 22.6. The van der Waals surface area contributed by atoms with Gasteiger partial charge in [-0.05, 0) is 55.6 Å². The lowest BCUT2D eigenvalue weighted by Crippen LogP contribution is -2.16. The maximum atomic E-state index is 9.64. The average Bonchev–Trinajstić information content (AvgIpc) is 2.91. The summed E-state index contributed by atoms with van der Waals surface area (Å²) >= 11 is 9.79. The second-order valence-corrected chi connectivity index (χ2v) is 8.89. The van der Waals surface area contributed by atoms with Crippen LogP contribution in [-0.2, 0) is 28.2 Å². The predicted molar refractivity (Wildman–Crippen MR) is 110 cm³/mol. The Balaban J connectivity index is 0.000000300. The van der Waals surface area contributed by atoms with Gasteiger partial charge < -0.3 is 15.5 Å². The van der Waals surface area contributed by atoms with Crippen molar-refractivity contribution in [1.29, 1.82) is 0 Å². The zero-order valence-electron chi connectivity index (χ0n) is 15.4. The second kappa shape index (κ2) is 11.4. The largest absolute Gasteiger partial charge is 0.481 e. The SMILES string of the molecule is Cc1nnc(SCc2c(Cl)ccc3c2CCNCC3)s1.O=C(O)CCC(=O)O. The molecule has 10 heteroatoms. The van der Waals surface area contributed by atoms with Gasteiger partial charge in [0.2, 0.25) is 0 Å². The van der Waals surface area contributed by atoms with Crippen molar-refractivity contribution < 1.29 is 19.8 Å². The van der Waals surface area contributed by atoms with Crippen LogP contribution in [0.4, 0.5) is 0 Å². The Morgan fingerprint density at radius 2 is 1.86 bits per heavy atom. The molecule has 1 aromatic heterocycles. The van der Waals surface area contributed by atoms with E-state index < -0.39 is 11.9 Å². The Morgan fingerprint density at radius 1 is 1.18 bits per heavy atom. The fourth-order valence-electron chi connectivity index (χ4n) is 2.66. The first-order chi connectivity index (χ1) is 13.4. The van der Waals surface area contributed by atoms with Crippen LogP contribution in [-0.4, -0.2) is 45.4 Å². The summed E-state index contributed by atoms with van der Waals surface area (Å²) in [5.74, 6) is -1.28. The number of carboxylic acids is 2. The van der Waals surface area contributed by atoms with E-state index in [1.165, 1.54) is 16.7 Å². The highest BCUT2D eigenvalue weighted by Gasteiger charge is 2.15. The van der Waals surface area contributed by atoms with E-state index >= 15 is 0 Å². The van der Waals surface area contributed by atoms with Gasteiger partial charge in [-0.15, -0.1) is 10.2 Å². The van der Waals surface area contributed by atoms with Crippen molar-refractivity contribution in [3.8, 4) is 0 Å². The number of hydrogen-bond acceptors (Lipinski definition) is 7. The number of thioether (sulfide) groups is 1. The van der Waals surface area contributed by atoms with E-state index in [0.29, 0.717) is 0 Å². The molecule has 0 fully saturated rings. The second-order valence-electron chi connectivity index (χ2n) is 6.08. The molecule has 7 nitrogen and oxygen atoms in total. The van der Waals surface area contributed by atoms with Crippen LogP contribution in [0.3, 0.4) is 0 Å². The summed E-state index contributed by atoms with van der Waals surface area (Å²) in [6.45, 7) is 4.06. The molecule has 1 aliphatic heterocycles. The topological polar surface area (TPSA) is 112 Å². The number of hydrogen-bond donors (Lipinski definition) is 3. The Labute approximate surface area is 176 Å². The number of aryl methyl sites for hydroxylation is 1. The number of carbonyl (C=O) groups is 2. The van der Waals surface area contributed by atoms with Crippen molar-refractivity contribution in [2.45, 2.75) is 42.7 Å². The van der Waals surface area contributed by atoms with Crippen LogP contribution in [0.2, 0.25) is 5.02 Å². The van der Waals surface area contributed by atoms with Gasteiger partial charge in [0.15, 0.2) is 4.34 Å². The summed E-state index contributed by atoms with van der Waals surface area (Å²) in [6, 6.07) is 4.21. The van der Waals surface area contributed by atoms with Gasteiger partial charge in [-0.1, -0.05) is 40.8 Å². The van der Waals surface area contributed by atoms with Crippen molar-refractivity contribution in [3.05, 3.63) is 38.9 Å². The highest BCUT2D eigenvalue weighted by Crippen LogP contribution is 2.32. The lowest BCUT2D eigenvalue weighted by atomic mass is 9.98. The van der Waals surface area contributed by atoms with Gasteiger partial charge in [-0.2, -0.15) is 0 Å². The smallest absolute Gasteiger partial charge is 0.303 e. The fraction of sp³-hybridized carbons (Fsp3) is 0.444. The molecule has 3 N–H and O–H groups in total. The number of nitrogens with one attached hydrogen (secondary N) is 1. The summed E-state index contributed by atoms with van der Waals surface area (Å²) in [4.78, 5) is 19.3. The maximum absolute atomic E-state index is 9.64. The fourth-order valence-corrected chi connectivity index (χ4v) is 4.87. The van der Waals surface area contributed by atoms with E-state index in [2.05, 4.69) is 21.6 Å². The number of halogens is 1. The minimum absolute atomic E-state index is 0.296. The lowest BCUT2D eigenvalue weighted by Gasteiger charge is -2.13. The molecule has 2 aromatic rings. The summed E-state index contributed by atoms with van der Waals surface area (Å²) < 4.78 is 1.02. The van der Waals surface area contributed by atoms with Crippen molar-refractivity contribution in [1.82, 2.24) is 15.5 Å². The normalized spacial score (nSPS) is 13.1. The Morgan fingerprint density at radius 3 is 2.46 bits per heavy atom. The minimum atomic E-state index is -1.08. The number of aromatic nitrogens is 2. The molecule has 152 valence electrons. The molecule has 0 radical (unpaired) electrons. The molecule has 1 aromatic carbocycles. The molecule has 1 aliphatic rings. The van der Waals surface area contributed by atoms with Crippen LogP contribution in [0.15, 0.2) is 16.5 Å². The number of aliphatic carboxylic acids is 2. The van der Waals surface area contributed by atoms with E-state index in [0.717, 1.165) is 46.1 Å². The Kier molecular flexibility index (Phi) is 9.17. The lowest BCUT2D eigenvalue weighted by molar-refractivity contribution is -0.143. The van der Waals surface area contributed by atoms with Crippen molar-refractivity contribution in [2.24, 2.45) is 0 Å². The molecule has 3 rings (SSSR count). The van der Waals surface area contributed by atoms with Crippen LogP contribution in [0.1, 0.15) is 34.5 Å². The quantitative estimate of drug-likeness (QED) is 0.582. The summed E-state index contributed by atoms with van der Waals surface area (Å²) in [6.07, 6.45) is 1.55. The van der Waals surface area contributed by atoms with Crippen molar-refractivity contribution >= 4 is 46.6 Å². The van der Waals surface area contributed by atoms with E-state index in [9.17, 15) is 9.59 Å². The molecule has 0 saturated heterocycles. The van der Waals surface area contributed by atoms with E-state index in [1.807, 2.05) is 13.0 Å². The molecule has 28 heavy (non-hydrogen) atoms. The molecule has 0 unspecified atom stereocenters. The number of fused-ring (bicyclic) bond motifs is 1. The number of benzene rings is 1. The highest BCUT2D eigenvalue weighted by atomic mass is 35.5. The molecule has 0 spiro atoms. The van der Waals surface area contributed by atoms with Crippen LogP contribution in [0.5, 0.6) is 0 Å². The minimum Gasteiger partial charge on any atom is -0.481 e. The van der Waals surface area contributed by atoms with Crippen molar-refractivity contribution in [2.75, 3.05) is 13.1 Å². The third kappa shape index (κ3) is 7.38. The van der Waals surface area contributed by atoms with E-state index in [-0.39, 0.29) is 12.8 Å². The first-order valence-electron chi connectivity index (χ1n) is 8.73. The molecule has 0 bridgehead atoms. The zero-order chi connectivity index (χ0) is 20.5. The molecule has 2 heterocycles. The molecular weight excluding hydrogens is 422 g/mol. The van der Waals surface area contributed by atoms with Crippen LogP contribution in [0, 0.1) is 6.92 Å². The Hall–Kier alpha value is -1.68. The van der Waals surface area contributed by atoms with Crippen LogP contribution >= 0.6 is 34.7 Å².